The van der Waals surface area contributed by atoms with Gasteiger partial charge in [0, 0.05) is 25.7 Å². The molecule has 0 aromatic heterocycles. The summed E-state index contributed by atoms with van der Waals surface area (Å²) in [4.78, 5) is 12.9. The van der Waals surface area contributed by atoms with Gasteiger partial charge in [0.15, 0.2) is 0 Å². The highest BCUT2D eigenvalue weighted by Gasteiger charge is 2.15. The van der Waals surface area contributed by atoms with Crippen molar-refractivity contribution >= 4 is 11.4 Å². The fourth-order valence-electron chi connectivity index (χ4n) is 2.08. The monoisotopic (exact) mass is 265 g/mol. The number of benzene rings is 1. The number of hydrogen-bond acceptors (Lipinski definition) is 4. The van der Waals surface area contributed by atoms with Crippen LogP contribution in [0.4, 0.5) is 11.4 Å². The lowest BCUT2D eigenvalue weighted by molar-refractivity contribution is -0.384. The molecule has 0 aliphatic rings. The first-order chi connectivity index (χ1) is 8.99. The molecule has 1 N–H and O–H groups in total. The number of nitro benzene ring substituents is 1. The Morgan fingerprint density at radius 2 is 2.11 bits per heavy atom. The van der Waals surface area contributed by atoms with Crippen LogP contribution in [0.25, 0.3) is 0 Å². The van der Waals surface area contributed by atoms with Crippen molar-refractivity contribution in [1.29, 1.82) is 0 Å². The molecule has 0 fully saturated rings. The molecule has 5 heteroatoms. The Balaban J connectivity index is 2.92. The Hall–Kier alpha value is -1.62. The average Bonchev–Trinajstić information content (AvgIpc) is 2.37. The van der Waals surface area contributed by atoms with E-state index in [1.807, 2.05) is 12.1 Å². The third-order valence-corrected chi connectivity index (χ3v) is 3.15. The zero-order chi connectivity index (χ0) is 14.4. The van der Waals surface area contributed by atoms with Gasteiger partial charge in [-0.25, -0.2) is 0 Å². The molecule has 106 valence electrons. The molecular weight excluding hydrogens is 242 g/mol. The Bertz CT molecular complexity index is 433. The summed E-state index contributed by atoms with van der Waals surface area (Å²) in [6, 6.07) is 5.74. The van der Waals surface area contributed by atoms with Gasteiger partial charge in [-0.15, -0.1) is 0 Å². The highest BCUT2D eigenvalue weighted by Crippen LogP contribution is 2.25. The number of rotatable bonds is 7. The van der Waals surface area contributed by atoms with Crippen LogP contribution in [-0.4, -0.2) is 29.5 Å². The SMILES string of the molecule is CCCN(Cc1ccc([N+](=O)[O-])c(NC)c1)C(C)C. The van der Waals surface area contributed by atoms with E-state index in [2.05, 4.69) is 31.0 Å². The van der Waals surface area contributed by atoms with Crippen LogP contribution in [0.2, 0.25) is 0 Å². The van der Waals surface area contributed by atoms with Gasteiger partial charge in [0.25, 0.3) is 5.69 Å². The number of hydrogen-bond donors (Lipinski definition) is 1. The van der Waals surface area contributed by atoms with Crippen molar-refractivity contribution in [2.24, 2.45) is 0 Å². The Morgan fingerprint density at radius 3 is 2.58 bits per heavy atom. The molecule has 1 aromatic carbocycles. The lowest BCUT2D eigenvalue weighted by Crippen LogP contribution is -2.31. The van der Waals surface area contributed by atoms with E-state index in [1.54, 1.807) is 13.1 Å². The van der Waals surface area contributed by atoms with Gasteiger partial charge in [-0.2, -0.15) is 0 Å². The van der Waals surface area contributed by atoms with Crippen molar-refractivity contribution < 1.29 is 4.92 Å². The maximum Gasteiger partial charge on any atom is 0.292 e. The Kier molecular flexibility index (Phi) is 5.76. The van der Waals surface area contributed by atoms with E-state index in [0.29, 0.717) is 11.7 Å². The first-order valence-corrected chi connectivity index (χ1v) is 6.68. The lowest BCUT2D eigenvalue weighted by atomic mass is 10.1. The van der Waals surface area contributed by atoms with E-state index >= 15 is 0 Å². The maximum atomic E-state index is 10.9. The van der Waals surface area contributed by atoms with E-state index in [1.165, 1.54) is 0 Å². The van der Waals surface area contributed by atoms with E-state index in [0.717, 1.165) is 25.1 Å². The van der Waals surface area contributed by atoms with Crippen molar-refractivity contribution in [2.75, 3.05) is 18.9 Å². The molecule has 1 aromatic rings. The highest BCUT2D eigenvalue weighted by molar-refractivity contribution is 5.62. The van der Waals surface area contributed by atoms with E-state index in [4.69, 9.17) is 0 Å². The second kappa shape index (κ2) is 7.09. The molecular formula is C14H23N3O2. The maximum absolute atomic E-state index is 10.9. The first-order valence-electron chi connectivity index (χ1n) is 6.68. The molecule has 0 radical (unpaired) electrons. The quantitative estimate of drug-likeness (QED) is 0.607. The molecule has 1 rings (SSSR count). The summed E-state index contributed by atoms with van der Waals surface area (Å²) in [5.74, 6) is 0. The van der Waals surface area contributed by atoms with E-state index in [-0.39, 0.29) is 10.6 Å². The van der Waals surface area contributed by atoms with Crippen molar-refractivity contribution in [3.05, 3.63) is 33.9 Å². The van der Waals surface area contributed by atoms with Gasteiger partial charge in [-0.1, -0.05) is 13.0 Å². The lowest BCUT2D eigenvalue weighted by Gasteiger charge is -2.26. The summed E-state index contributed by atoms with van der Waals surface area (Å²) < 4.78 is 0. The van der Waals surface area contributed by atoms with Gasteiger partial charge in [0.2, 0.25) is 0 Å². The van der Waals surface area contributed by atoms with Crippen LogP contribution >= 0.6 is 0 Å². The van der Waals surface area contributed by atoms with Gasteiger partial charge in [-0.3, -0.25) is 15.0 Å². The first kappa shape index (κ1) is 15.4. The number of nitrogens with one attached hydrogen (secondary N) is 1. The summed E-state index contributed by atoms with van der Waals surface area (Å²) >= 11 is 0. The van der Waals surface area contributed by atoms with Crippen LogP contribution in [0, 0.1) is 10.1 Å². The van der Waals surface area contributed by atoms with Gasteiger partial charge in [0.05, 0.1) is 4.92 Å². The number of anilines is 1. The third-order valence-electron chi connectivity index (χ3n) is 3.15. The van der Waals surface area contributed by atoms with E-state index in [9.17, 15) is 10.1 Å². The van der Waals surface area contributed by atoms with Crippen LogP contribution in [0.15, 0.2) is 18.2 Å². The second-order valence-electron chi connectivity index (χ2n) is 4.92. The fourth-order valence-corrected chi connectivity index (χ4v) is 2.08. The summed E-state index contributed by atoms with van der Waals surface area (Å²) in [7, 11) is 1.71. The largest absolute Gasteiger partial charge is 0.383 e. The average molecular weight is 265 g/mol. The zero-order valence-electron chi connectivity index (χ0n) is 12.1. The highest BCUT2D eigenvalue weighted by atomic mass is 16.6. The molecule has 0 spiro atoms. The molecule has 0 aliphatic carbocycles. The van der Waals surface area contributed by atoms with Gasteiger partial charge >= 0.3 is 0 Å². The molecule has 0 aliphatic heterocycles. The standard InChI is InChI=1S/C14H23N3O2/c1-5-8-16(11(2)3)10-12-6-7-14(17(18)19)13(9-12)15-4/h6-7,9,11,15H,5,8,10H2,1-4H3. The van der Waals surface area contributed by atoms with Crippen LogP contribution in [0.1, 0.15) is 32.8 Å². The molecule has 0 heterocycles. The Morgan fingerprint density at radius 1 is 1.42 bits per heavy atom. The number of nitrogens with zero attached hydrogens (tertiary/aromatic N) is 2. The second-order valence-corrected chi connectivity index (χ2v) is 4.92. The van der Waals surface area contributed by atoms with Gasteiger partial charge < -0.3 is 5.32 Å². The van der Waals surface area contributed by atoms with Crippen LogP contribution < -0.4 is 5.32 Å². The van der Waals surface area contributed by atoms with Crippen molar-refractivity contribution in [3.63, 3.8) is 0 Å². The topological polar surface area (TPSA) is 58.4 Å². The van der Waals surface area contributed by atoms with Crippen molar-refractivity contribution in [1.82, 2.24) is 4.90 Å². The minimum Gasteiger partial charge on any atom is -0.383 e. The number of nitro groups is 1. The van der Waals surface area contributed by atoms with Crippen molar-refractivity contribution in [3.8, 4) is 0 Å². The smallest absolute Gasteiger partial charge is 0.292 e. The molecule has 0 saturated heterocycles. The van der Waals surface area contributed by atoms with Gasteiger partial charge in [-0.05, 0) is 38.4 Å². The zero-order valence-corrected chi connectivity index (χ0v) is 12.1. The minimum absolute atomic E-state index is 0.123. The fraction of sp³-hybridized carbons (Fsp3) is 0.571. The van der Waals surface area contributed by atoms with Crippen LogP contribution in [0.3, 0.4) is 0 Å². The molecule has 0 unspecified atom stereocenters. The summed E-state index contributed by atoms with van der Waals surface area (Å²) in [6.45, 7) is 8.34. The normalized spacial score (nSPS) is 11.1. The van der Waals surface area contributed by atoms with Crippen molar-refractivity contribution in [2.45, 2.75) is 39.8 Å². The molecule has 0 atom stereocenters. The molecule has 5 nitrogen and oxygen atoms in total. The van der Waals surface area contributed by atoms with Crippen LogP contribution in [0.5, 0.6) is 0 Å². The third kappa shape index (κ3) is 4.21. The van der Waals surface area contributed by atoms with E-state index < -0.39 is 0 Å². The summed E-state index contributed by atoms with van der Waals surface area (Å²) in [5, 5.41) is 13.8. The summed E-state index contributed by atoms with van der Waals surface area (Å²) in [6.07, 6.45) is 1.10. The Labute approximate surface area is 114 Å². The van der Waals surface area contributed by atoms with Crippen LogP contribution in [-0.2, 0) is 6.54 Å². The molecule has 0 amide bonds. The predicted octanol–water partition coefficient (Wildman–Crippen LogP) is 3.26. The molecule has 0 saturated carbocycles. The van der Waals surface area contributed by atoms with Gasteiger partial charge in [0.1, 0.15) is 5.69 Å². The summed E-state index contributed by atoms with van der Waals surface area (Å²) in [5.41, 5.74) is 1.79. The molecule has 19 heavy (non-hydrogen) atoms. The molecule has 0 bridgehead atoms. The predicted molar refractivity (Wildman–Crippen MR) is 78.5 cm³/mol. The minimum atomic E-state index is -0.359.